The van der Waals surface area contributed by atoms with Crippen LogP contribution in [0.3, 0.4) is 0 Å². The number of carbonyl (C=O) groups excluding carboxylic acids is 1. The van der Waals surface area contributed by atoms with Crippen molar-refractivity contribution in [1.82, 2.24) is 9.88 Å². The minimum atomic E-state index is -0.0108. The maximum atomic E-state index is 12.1. The molecule has 0 atom stereocenters. The van der Waals surface area contributed by atoms with Gasteiger partial charge in [-0.05, 0) is 57.5 Å². The Morgan fingerprint density at radius 2 is 2.04 bits per heavy atom. The first kappa shape index (κ1) is 19.4. The zero-order valence-corrected chi connectivity index (χ0v) is 16.3. The summed E-state index contributed by atoms with van der Waals surface area (Å²) in [6.45, 7) is 5.36. The van der Waals surface area contributed by atoms with Gasteiger partial charge in [-0.15, -0.1) is 11.3 Å². The molecule has 0 aliphatic carbocycles. The lowest BCUT2D eigenvalue weighted by Gasteiger charge is -2.15. The number of hydrogen-bond acceptors (Lipinski definition) is 5. The van der Waals surface area contributed by atoms with Gasteiger partial charge in [-0.3, -0.25) is 9.69 Å². The summed E-state index contributed by atoms with van der Waals surface area (Å²) >= 11 is 1.54. The highest BCUT2D eigenvalue weighted by Crippen LogP contribution is 2.22. The number of hydrogen-bond donors (Lipinski definition) is 1. The van der Waals surface area contributed by atoms with E-state index in [1.54, 1.807) is 18.4 Å². The fraction of sp³-hybridized carbons (Fsp3) is 0.474. The lowest BCUT2D eigenvalue weighted by atomic mass is 10.1. The van der Waals surface area contributed by atoms with E-state index in [0.29, 0.717) is 11.7 Å². The van der Waals surface area contributed by atoms with Crippen LogP contribution in [0.25, 0.3) is 0 Å². The maximum absolute atomic E-state index is 12.1. The molecule has 136 valence electrons. The maximum Gasteiger partial charge on any atom is 0.240 e. The van der Waals surface area contributed by atoms with Crippen molar-refractivity contribution in [3.8, 4) is 5.75 Å². The van der Waals surface area contributed by atoms with Crippen molar-refractivity contribution in [2.24, 2.45) is 0 Å². The summed E-state index contributed by atoms with van der Waals surface area (Å²) in [4.78, 5) is 19.8. The summed E-state index contributed by atoms with van der Waals surface area (Å²) < 4.78 is 5.16. The second-order valence-corrected chi connectivity index (χ2v) is 7.32. The van der Waals surface area contributed by atoms with E-state index in [1.807, 2.05) is 31.0 Å². The largest absolute Gasteiger partial charge is 0.497 e. The molecule has 0 fully saturated rings. The van der Waals surface area contributed by atoms with Crippen molar-refractivity contribution in [2.45, 2.75) is 33.1 Å². The molecule has 1 heterocycles. The first-order valence-corrected chi connectivity index (χ1v) is 9.41. The number of carbonyl (C=O) groups is 1. The molecule has 25 heavy (non-hydrogen) atoms. The first-order valence-electron chi connectivity index (χ1n) is 8.59. The predicted octanol–water partition coefficient (Wildman–Crippen LogP) is 3.53. The van der Waals surface area contributed by atoms with Crippen molar-refractivity contribution in [3.63, 3.8) is 0 Å². The van der Waals surface area contributed by atoms with Crippen molar-refractivity contribution in [2.75, 3.05) is 32.6 Å². The van der Waals surface area contributed by atoms with Gasteiger partial charge in [0.15, 0.2) is 5.13 Å². The van der Waals surface area contributed by atoms with Crippen LogP contribution in [-0.2, 0) is 17.6 Å². The fourth-order valence-corrected chi connectivity index (χ4v) is 3.56. The molecule has 1 aromatic heterocycles. The van der Waals surface area contributed by atoms with E-state index in [4.69, 9.17) is 4.74 Å². The number of nitrogens with zero attached hydrogens (tertiary/aromatic N) is 2. The van der Waals surface area contributed by atoms with Gasteiger partial charge in [0.2, 0.25) is 5.91 Å². The number of anilines is 1. The van der Waals surface area contributed by atoms with Crippen LogP contribution >= 0.6 is 11.3 Å². The molecule has 0 aliphatic heterocycles. The minimum absolute atomic E-state index is 0.0108. The molecule has 0 saturated heterocycles. The molecule has 2 aromatic rings. The van der Waals surface area contributed by atoms with Crippen molar-refractivity contribution >= 4 is 22.4 Å². The molecule has 0 aliphatic rings. The van der Waals surface area contributed by atoms with Crippen LogP contribution in [0.2, 0.25) is 0 Å². The number of aromatic nitrogens is 1. The monoisotopic (exact) mass is 361 g/mol. The average Bonchev–Trinajstić information content (AvgIpc) is 2.94. The smallest absolute Gasteiger partial charge is 0.240 e. The van der Waals surface area contributed by atoms with E-state index in [0.717, 1.165) is 37.3 Å². The van der Waals surface area contributed by atoms with Gasteiger partial charge in [0.25, 0.3) is 0 Å². The zero-order chi connectivity index (χ0) is 18.2. The molecule has 5 nitrogen and oxygen atoms in total. The molecule has 0 spiro atoms. The van der Waals surface area contributed by atoms with Gasteiger partial charge in [0, 0.05) is 4.88 Å². The van der Waals surface area contributed by atoms with Crippen LogP contribution in [-0.4, -0.2) is 43.0 Å². The summed E-state index contributed by atoms with van der Waals surface area (Å²) in [6, 6.07) is 8.13. The number of benzene rings is 1. The number of likely N-dealkylation sites (N-methyl/N-ethyl adjacent to an activating group) is 1. The van der Waals surface area contributed by atoms with Gasteiger partial charge in [-0.25, -0.2) is 4.98 Å². The Labute approximate surface area is 154 Å². The first-order chi connectivity index (χ1) is 12.0. The van der Waals surface area contributed by atoms with Crippen molar-refractivity contribution in [3.05, 3.63) is 40.4 Å². The number of ether oxygens (including phenoxy) is 1. The Kier molecular flexibility index (Phi) is 7.40. The topological polar surface area (TPSA) is 54.5 Å². The average molecular weight is 362 g/mol. The molecule has 2 rings (SSSR count). The third kappa shape index (κ3) is 6.14. The summed E-state index contributed by atoms with van der Waals surface area (Å²) in [5, 5.41) is 3.60. The molecule has 1 aromatic carbocycles. The van der Waals surface area contributed by atoms with Crippen LogP contribution in [0.4, 0.5) is 5.13 Å². The van der Waals surface area contributed by atoms with Gasteiger partial charge in [0.05, 0.1) is 19.3 Å². The second kappa shape index (κ2) is 9.53. The van der Waals surface area contributed by atoms with Crippen LogP contribution in [0.5, 0.6) is 5.75 Å². The van der Waals surface area contributed by atoms with Gasteiger partial charge in [0.1, 0.15) is 5.75 Å². The van der Waals surface area contributed by atoms with Gasteiger partial charge < -0.3 is 10.1 Å². The molecule has 0 saturated carbocycles. The fourth-order valence-electron chi connectivity index (χ4n) is 2.64. The van der Waals surface area contributed by atoms with Gasteiger partial charge in [-0.1, -0.05) is 19.1 Å². The lowest BCUT2D eigenvalue weighted by molar-refractivity contribution is -0.117. The third-order valence-corrected chi connectivity index (χ3v) is 4.98. The highest BCUT2D eigenvalue weighted by Gasteiger charge is 2.11. The molecule has 0 unspecified atom stereocenters. The van der Waals surface area contributed by atoms with E-state index in [9.17, 15) is 4.79 Å². The Hall–Kier alpha value is -1.92. The Balaban J connectivity index is 1.71. The standard InChI is InChI=1S/C19H27N3O2S/c1-5-17-14(2)25-19(20-17)21-18(23)13-22(3)12-6-7-15-8-10-16(24-4)11-9-15/h8-11H,5-7,12-13H2,1-4H3,(H,20,21,23). The summed E-state index contributed by atoms with van der Waals surface area (Å²) in [5.41, 5.74) is 2.34. The second-order valence-electron chi connectivity index (χ2n) is 6.11. The normalized spacial score (nSPS) is 10.9. The third-order valence-electron chi connectivity index (χ3n) is 4.05. The summed E-state index contributed by atoms with van der Waals surface area (Å²) in [7, 11) is 3.64. The molecule has 0 radical (unpaired) electrons. The number of amides is 1. The van der Waals surface area contributed by atoms with E-state index >= 15 is 0 Å². The van der Waals surface area contributed by atoms with Crippen LogP contribution in [0.1, 0.15) is 29.5 Å². The Morgan fingerprint density at radius 3 is 2.64 bits per heavy atom. The highest BCUT2D eigenvalue weighted by atomic mass is 32.1. The quantitative estimate of drug-likeness (QED) is 0.742. The number of thiazole rings is 1. The minimum Gasteiger partial charge on any atom is -0.497 e. The van der Waals surface area contributed by atoms with Crippen LogP contribution in [0.15, 0.2) is 24.3 Å². The summed E-state index contributed by atoms with van der Waals surface area (Å²) in [6.07, 6.45) is 2.89. The number of rotatable bonds is 9. The molecule has 6 heteroatoms. The molecular formula is C19H27N3O2S. The van der Waals surface area contributed by atoms with Gasteiger partial charge >= 0.3 is 0 Å². The predicted molar refractivity (Wildman–Crippen MR) is 104 cm³/mol. The highest BCUT2D eigenvalue weighted by molar-refractivity contribution is 7.15. The van der Waals surface area contributed by atoms with E-state index in [-0.39, 0.29) is 5.91 Å². The van der Waals surface area contributed by atoms with Crippen LogP contribution in [0, 0.1) is 6.92 Å². The van der Waals surface area contributed by atoms with Crippen molar-refractivity contribution in [1.29, 1.82) is 0 Å². The zero-order valence-electron chi connectivity index (χ0n) is 15.5. The SMILES string of the molecule is CCc1nc(NC(=O)CN(C)CCCc2ccc(OC)cc2)sc1C. The van der Waals surface area contributed by atoms with E-state index in [1.165, 1.54) is 10.4 Å². The molecular weight excluding hydrogens is 334 g/mol. The van der Waals surface area contributed by atoms with Crippen LogP contribution < -0.4 is 10.1 Å². The summed E-state index contributed by atoms with van der Waals surface area (Å²) in [5.74, 6) is 0.865. The molecule has 0 bridgehead atoms. The Morgan fingerprint density at radius 1 is 1.32 bits per heavy atom. The van der Waals surface area contributed by atoms with E-state index in [2.05, 4.69) is 29.4 Å². The number of nitrogens with one attached hydrogen (secondary N) is 1. The lowest BCUT2D eigenvalue weighted by Crippen LogP contribution is -2.31. The van der Waals surface area contributed by atoms with Gasteiger partial charge in [-0.2, -0.15) is 0 Å². The van der Waals surface area contributed by atoms with Crippen molar-refractivity contribution < 1.29 is 9.53 Å². The molecule has 1 N–H and O–H groups in total. The number of methoxy groups -OCH3 is 1. The Bertz CT molecular complexity index is 682. The van der Waals surface area contributed by atoms with E-state index < -0.39 is 0 Å². The molecule has 1 amide bonds. The number of aryl methyl sites for hydroxylation is 3.